The first-order valence-corrected chi connectivity index (χ1v) is 9.19. The molecule has 0 aliphatic rings. The number of ether oxygens (including phenoxy) is 1. The third kappa shape index (κ3) is 4.46. The van der Waals surface area contributed by atoms with Gasteiger partial charge < -0.3 is 15.4 Å². The van der Waals surface area contributed by atoms with E-state index < -0.39 is 0 Å². The van der Waals surface area contributed by atoms with Gasteiger partial charge in [-0.1, -0.05) is 36.4 Å². The van der Waals surface area contributed by atoms with Crippen molar-refractivity contribution in [3.05, 3.63) is 71.0 Å². The molecule has 0 aliphatic heterocycles. The van der Waals surface area contributed by atoms with E-state index in [9.17, 15) is 0 Å². The maximum Gasteiger partial charge on any atom is 0.175 e. The van der Waals surface area contributed by atoms with Gasteiger partial charge in [0.05, 0.1) is 36.4 Å². The van der Waals surface area contributed by atoms with Gasteiger partial charge in [-0.3, -0.25) is 4.68 Å². The highest BCUT2D eigenvalue weighted by molar-refractivity contribution is 7.80. The van der Waals surface area contributed by atoms with Gasteiger partial charge in [0.2, 0.25) is 0 Å². The molecule has 27 heavy (non-hydrogen) atoms. The molecule has 0 saturated heterocycles. The van der Waals surface area contributed by atoms with Crippen LogP contribution in [-0.2, 0) is 6.54 Å². The van der Waals surface area contributed by atoms with Crippen molar-refractivity contribution in [2.75, 3.05) is 17.7 Å². The molecule has 1 aromatic heterocycles. The third-order valence-corrected chi connectivity index (χ3v) is 4.60. The fourth-order valence-electron chi connectivity index (χ4n) is 2.97. The Labute approximate surface area is 165 Å². The zero-order chi connectivity index (χ0) is 19.4. The van der Waals surface area contributed by atoms with E-state index in [1.807, 2.05) is 61.9 Å². The molecular formula is C21H24N4OS. The summed E-state index contributed by atoms with van der Waals surface area (Å²) in [4.78, 5) is 0. The lowest BCUT2D eigenvalue weighted by atomic mass is 10.2. The number of benzene rings is 2. The lowest BCUT2D eigenvalue weighted by Gasteiger charge is -2.14. The van der Waals surface area contributed by atoms with Gasteiger partial charge in [-0.2, -0.15) is 5.10 Å². The summed E-state index contributed by atoms with van der Waals surface area (Å²) in [5.41, 5.74) is 6.04. The Bertz CT molecular complexity index is 950. The second-order valence-electron chi connectivity index (χ2n) is 6.47. The summed E-state index contributed by atoms with van der Waals surface area (Å²) in [6.45, 7) is 6.78. The van der Waals surface area contributed by atoms with Crippen molar-refractivity contribution >= 4 is 28.7 Å². The second-order valence-corrected chi connectivity index (χ2v) is 6.88. The van der Waals surface area contributed by atoms with E-state index in [4.69, 9.17) is 17.0 Å². The quantitative estimate of drug-likeness (QED) is 0.630. The summed E-state index contributed by atoms with van der Waals surface area (Å²) in [6, 6.07) is 16.2. The molecule has 0 amide bonds. The molecule has 0 bridgehead atoms. The van der Waals surface area contributed by atoms with Crippen molar-refractivity contribution in [3.63, 3.8) is 0 Å². The lowest BCUT2D eigenvalue weighted by molar-refractivity contribution is 0.417. The van der Waals surface area contributed by atoms with Crippen molar-refractivity contribution < 1.29 is 4.74 Å². The standard InChI is InChI=1S/C21H24N4OS/c1-14-10-11-19(26-4)18(12-14)22-21(27)23-20-15(2)24-25(16(20)3)13-17-8-6-5-7-9-17/h5-12H,13H2,1-4H3,(H2,22,23,27). The van der Waals surface area contributed by atoms with Crippen LogP contribution < -0.4 is 15.4 Å². The van der Waals surface area contributed by atoms with Crippen molar-refractivity contribution in [1.82, 2.24) is 9.78 Å². The van der Waals surface area contributed by atoms with Crippen molar-refractivity contribution in [3.8, 4) is 5.75 Å². The monoisotopic (exact) mass is 380 g/mol. The van der Waals surface area contributed by atoms with Crippen LogP contribution in [0.5, 0.6) is 5.75 Å². The number of hydrogen-bond acceptors (Lipinski definition) is 3. The molecule has 0 aliphatic carbocycles. The largest absolute Gasteiger partial charge is 0.495 e. The number of methoxy groups -OCH3 is 1. The minimum absolute atomic E-state index is 0.504. The second kappa shape index (κ2) is 8.22. The summed E-state index contributed by atoms with van der Waals surface area (Å²) in [5.74, 6) is 0.748. The molecule has 0 fully saturated rings. The number of aryl methyl sites for hydroxylation is 2. The van der Waals surface area contributed by atoms with Crippen LogP contribution in [0.1, 0.15) is 22.5 Å². The first kappa shape index (κ1) is 18.9. The number of rotatable bonds is 5. The Morgan fingerprint density at radius 1 is 1.07 bits per heavy atom. The number of anilines is 2. The highest BCUT2D eigenvalue weighted by atomic mass is 32.1. The molecule has 0 unspecified atom stereocenters. The minimum Gasteiger partial charge on any atom is -0.495 e. The SMILES string of the molecule is COc1ccc(C)cc1NC(=S)Nc1c(C)nn(Cc2ccccc2)c1C. The van der Waals surface area contributed by atoms with Crippen LogP contribution in [0.15, 0.2) is 48.5 Å². The van der Waals surface area contributed by atoms with Crippen molar-refractivity contribution in [1.29, 1.82) is 0 Å². The third-order valence-electron chi connectivity index (χ3n) is 4.40. The normalized spacial score (nSPS) is 10.5. The average Bonchev–Trinajstić information content (AvgIpc) is 2.90. The van der Waals surface area contributed by atoms with Crippen LogP contribution in [0, 0.1) is 20.8 Å². The molecule has 0 spiro atoms. The molecule has 140 valence electrons. The molecule has 5 nitrogen and oxygen atoms in total. The van der Waals surface area contributed by atoms with E-state index >= 15 is 0 Å². The van der Waals surface area contributed by atoms with Gasteiger partial charge in [0.1, 0.15) is 5.75 Å². The van der Waals surface area contributed by atoms with Gasteiger partial charge in [0, 0.05) is 0 Å². The molecule has 6 heteroatoms. The Kier molecular flexibility index (Phi) is 5.76. The fraction of sp³-hybridized carbons (Fsp3) is 0.238. The van der Waals surface area contributed by atoms with Crippen LogP contribution >= 0.6 is 12.2 Å². The number of nitrogens with one attached hydrogen (secondary N) is 2. The first-order chi connectivity index (χ1) is 13.0. The highest BCUT2D eigenvalue weighted by Gasteiger charge is 2.14. The smallest absolute Gasteiger partial charge is 0.175 e. The van der Waals surface area contributed by atoms with Gasteiger partial charge >= 0.3 is 0 Å². The van der Waals surface area contributed by atoms with Gasteiger partial charge in [0.25, 0.3) is 0 Å². The van der Waals surface area contributed by atoms with Crippen LogP contribution in [-0.4, -0.2) is 22.0 Å². The molecule has 3 rings (SSSR count). The zero-order valence-electron chi connectivity index (χ0n) is 16.0. The van der Waals surface area contributed by atoms with Gasteiger partial charge in [-0.05, 0) is 56.2 Å². The topological polar surface area (TPSA) is 51.1 Å². The summed E-state index contributed by atoms with van der Waals surface area (Å²) in [5, 5.41) is 11.7. The molecule has 1 heterocycles. The van der Waals surface area contributed by atoms with Gasteiger partial charge in [0.15, 0.2) is 5.11 Å². The van der Waals surface area contributed by atoms with Gasteiger partial charge in [-0.25, -0.2) is 0 Å². The fourth-order valence-corrected chi connectivity index (χ4v) is 3.19. The zero-order valence-corrected chi connectivity index (χ0v) is 16.9. The molecule has 0 radical (unpaired) electrons. The molecule has 2 aromatic carbocycles. The van der Waals surface area contributed by atoms with E-state index in [1.165, 1.54) is 5.56 Å². The Balaban J connectivity index is 1.76. The van der Waals surface area contributed by atoms with E-state index in [-0.39, 0.29) is 0 Å². The molecule has 0 saturated carbocycles. The van der Waals surface area contributed by atoms with Crippen LogP contribution in [0.3, 0.4) is 0 Å². The van der Waals surface area contributed by atoms with E-state index in [0.717, 1.165) is 40.6 Å². The maximum atomic E-state index is 5.51. The summed E-state index contributed by atoms with van der Waals surface area (Å²) >= 11 is 5.51. The van der Waals surface area contributed by atoms with Crippen LogP contribution in [0.25, 0.3) is 0 Å². The Hall–Kier alpha value is -2.86. The van der Waals surface area contributed by atoms with Gasteiger partial charge in [-0.15, -0.1) is 0 Å². The molecule has 0 atom stereocenters. The summed E-state index contributed by atoms with van der Waals surface area (Å²) in [6.07, 6.45) is 0. The number of nitrogens with zero attached hydrogens (tertiary/aromatic N) is 2. The molecular weight excluding hydrogens is 356 g/mol. The van der Waals surface area contributed by atoms with E-state index in [2.05, 4.69) is 27.9 Å². The summed E-state index contributed by atoms with van der Waals surface area (Å²) < 4.78 is 7.39. The molecule has 3 aromatic rings. The number of hydrogen-bond donors (Lipinski definition) is 2. The van der Waals surface area contributed by atoms with Crippen LogP contribution in [0.4, 0.5) is 11.4 Å². The summed E-state index contributed by atoms with van der Waals surface area (Å²) in [7, 11) is 1.65. The van der Waals surface area contributed by atoms with E-state index in [1.54, 1.807) is 7.11 Å². The predicted octanol–water partition coefficient (Wildman–Crippen LogP) is 4.67. The first-order valence-electron chi connectivity index (χ1n) is 8.78. The van der Waals surface area contributed by atoms with Crippen molar-refractivity contribution in [2.45, 2.75) is 27.3 Å². The number of aromatic nitrogens is 2. The van der Waals surface area contributed by atoms with Crippen molar-refractivity contribution in [2.24, 2.45) is 0 Å². The number of thiocarbonyl (C=S) groups is 1. The average molecular weight is 381 g/mol. The lowest BCUT2D eigenvalue weighted by Crippen LogP contribution is -2.20. The Morgan fingerprint density at radius 3 is 2.52 bits per heavy atom. The maximum absolute atomic E-state index is 5.51. The van der Waals surface area contributed by atoms with E-state index in [0.29, 0.717) is 5.11 Å². The molecule has 2 N–H and O–H groups in total. The minimum atomic E-state index is 0.504. The highest BCUT2D eigenvalue weighted by Crippen LogP contribution is 2.26. The Morgan fingerprint density at radius 2 is 1.81 bits per heavy atom. The predicted molar refractivity (Wildman–Crippen MR) is 115 cm³/mol. The van der Waals surface area contributed by atoms with Crippen LogP contribution in [0.2, 0.25) is 0 Å².